The normalized spacial score (nSPS) is 20.4. The van der Waals surface area contributed by atoms with Gasteiger partial charge in [0.05, 0.1) is 9.32 Å². The summed E-state index contributed by atoms with van der Waals surface area (Å²) >= 11 is 12.7. The maximum atomic E-state index is 5.93. The monoisotopic (exact) mass is 288 g/mol. The maximum Gasteiger partial charge on any atom is 0.0931 e. The Labute approximate surface area is 117 Å². The first-order valence-corrected chi connectivity index (χ1v) is 7.36. The number of halogens is 1. The zero-order valence-corrected chi connectivity index (χ0v) is 12.3. The van der Waals surface area contributed by atoms with E-state index in [-0.39, 0.29) is 5.41 Å². The summed E-state index contributed by atoms with van der Waals surface area (Å²) in [6, 6.07) is 4.07. The lowest BCUT2D eigenvalue weighted by molar-refractivity contribution is 0.159. The Morgan fingerprint density at radius 3 is 2.65 bits per heavy atom. The van der Waals surface area contributed by atoms with Crippen molar-refractivity contribution < 1.29 is 0 Å². The molecule has 0 unspecified atom stereocenters. The molecule has 0 spiro atoms. The van der Waals surface area contributed by atoms with Crippen molar-refractivity contribution in [3.8, 4) is 0 Å². The number of thiophene rings is 1. The van der Waals surface area contributed by atoms with E-state index in [0.29, 0.717) is 4.99 Å². The van der Waals surface area contributed by atoms with E-state index in [0.717, 1.165) is 36.8 Å². The highest BCUT2D eigenvalue weighted by Gasteiger charge is 2.32. The highest BCUT2D eigenvalue weighted by atomic mass is 35.5. The van der Waals surface area contributed by atoms with Crippen LogP contribution in [0.5, 0.6) is 0 Å². The summed E-state index contributed by atoms with van der Waals surface area (Å²) in [4.78, 5) is 4.44. The van der Waals surface area contributed by atoms with E-state index >= 15 is 0 Å². The van der Waals surface area contributed by atoms with Crippen LogP contribution in [0.15, 0.2) is 12.1 Å². The largest absolute Gasteiger partial charge is 0.393 e. The summed E-state index contributed by atoms with van der Waals surface area (Å²) in [6.07, 6.45) is 2.11. The van der Waals surface area contributed by atoms with Crippen molar-refractivity contribution in [3.05, 3.63) is 21.3 Å². The van der Waals surface area contributed by atoms with Gasteiger partial charge in [-0.1, -0.05) is 30.7 Å². The third-order valence-electron chi connectivity index (χ3n) is 3.56. The summed E-state index contributed by atoms with van der Waals surface area (Å²) < 4.78 is 0.866. The second kappa shape index (κ2) is 5.22. The predicted molar refractivity (Wildman–Crippen MR) is 78.7 cm³/mol. The fourth-order valence-corrected chi connectivity index (χ4v) is 3.44. The molecule has 1 aromatic heterocycles. The summed E-state index contributed by atoms with van der Waals surface area (Å²) in [5, 5.41) is 0. The standard InChI is InChI=1S/C12H17ClN2S2/c1-12(11(14)16)4-6-15(7-5-12)8-9-2-3-10(13)17-9/h2-3H,4-8H2,1H3,(H2,14,16). The van der Waals surface area contributed by atoms with Crippen LogP contribution < -0.4 is 5.73 Å². The lowest BCUT2D eigenvalue weighted by Gasteiger charge is -2.38. The van der Waals surface area contributed by atoms with Crippen molar-refractivity contribution in [3.63, 3.8) is 0 Å². The molecule has 0 aliphatic carbocycles. The van der Waals surface area contributed by atoms with Gasteiger partial charge in [-0.05, 0) is 38.1 Å². The second-order valence-corrected chi connectivity index (χ2v) is 7.15. The number of rotatable bonds is 3. The minimum absolute atomic E-state index is 0.0545. The van der Waals surface area contributed by atoms with Gasteiger partial charge >= 0.3 is 0 Å². The van der Waals surface area contributed by atoms with Crippen LogP contribution in [0.3, 0.4) is 0 Å². The van der Waals surface area contributed by atoms with Crippen molar-refractivity contribution >= 4 is 40.1 Å². The summed E-state index contributed by atoms with van der Waals surface area (Å²) in [5.74, 6) is 0. The van der Waals surface area contributed by atoms with Crippen molar-refractivity contribution in [1.82, 2.24) is 4.90 Å². The smallest absolute Gasteiger partial charge is 0.0931 e. The highest BCUT2D eigenvalue weighted by molar-refractivity contribution is 7.80. The van der Waals surface area contributed by atoms with Gasteiger partial charge in [0.15, 0.2) is 0 Å². The Morgan fingerprint density at radius 2 is 2.18 bits per heavy atom. The Morgan fingerprint density at radius 1 is 1.53 bits per heavy atom. The molecule has 2 heterocycles. The van der Waals surface area contributed by atoms with E-state index in [9.17, 15) is 0 Å². The third-order valence-corrected chi connectivity index (χ3v) is 5.27. The summed E-state index contributed by atoms with van der Waals surface area (Å²) in [6.45, 7) is 5.28. The molecule has 2 nitrogen and oxygen atoms in total. The van der Waals surface area contributed by atoms with Crippen LogP contribution in [-0.4, -0.2) is 23.0 Å². The third kappa shape index (κ3) is 3.19. The average Bonchev–Trinajstić information content (AvgIpc) is 2.67. The molecule has 0 bridgehead atoms. The van der Waals surface area contributed by atoms with Gasteiger partial charge in [-0.25, -0.2) is 0 Å². The minimum Gasteiger partial charge on any atom is -0.393 e. The van der Waals surface area contributed by atoms with Gasteiger partial charge in [-0.15, -0.1) is 11.3 Å². The first kappa shape index (κ1) is 13.3. The molecule has 2 rings (SSSR count). The van der Waals surface area contributed by atoms with E-state index in [2.05, 4.69) is 17.9 Å². The molecule has 0 radical (unpaired) electrons. The molecule has 0 atom stereocenters. The molecule has 94 valence electrons. The van der Waals surface area contributed by atoms with Crippen LogP contribution in [0, 0.1) is 5.41 Å². The molecular formula is C12H17ClN2S2. The Kier molecular flexibility index (Phi) is 4.08. The van der Waals surface area contributed by atoms with Crippen molar-refractivity contribution in [2.24, 2.45) is 11.1 Å². The SMILES string of the molecule is CC1(C(N)=S)CCN(Cc2ccc(Cl)s2)CC1. The minimum atomic E-state index is 0.0545. The van der Waals surface area contributed by atoms with Gasteiger partial charge in [0.1, 0.15) is 0 Å². The first-order chi connectivity index (χ1) is 7.99. The van der Waals surface area contributed by atoms with Crippen LogP contribution >= 0.6 is 35.2 Å². The molecule has 1 aromatic rings. The van der Waals surface area contributed by atoms with Crippen LogP contribution in [-0.2, 0) is 6.54 Å². The molecule has 5 heteroatoms. The van der Waals surface area contributed by atoms with Gasteiger partial charge in [-0.2, -0.15) is 0 Å². The Hall–Kier alpha value is -0.160. The number of piperidine rings is 1. The fourth-order valence-electron chi connectivity index (χ4n) is 2.11. The number of thiocarbonyl (C=S) groups is 1. The zero-order valence-electron chi connectivity index (χ0n) is 9.91. The van der Waals surface area contributed by atoms with Crippen LogP contribution in [0.1, 0.15) is 24.6 Å². The predicted octanol–water partition coefficient (Wildman–Crippen LogP) is 3.29. The van der Waals surface area contributed by atoms with E-state index in [1.165, 1.54) is 4.88 Å². The number of nitrogens with zero attached hydrogens (tertiary/aromatic N) is 1. The lowest BCUT2D eigenvalue weighted by Crippen LogP contribution is -2.44. The number of likely N-dealkylation sites (tertiary alicyclic amines) is 1. The summed E-state index contributed by atoms with van der Waals surface area (Å²) in [7, 11) is 0. The van der Waals surface area contributed by atoms with E-state index in [4.69, 9.17) is 29.6 Å². The van der Waals surface area contributed by atoms with Gasteiger partial charge in [0.2, 0.25) is 0 Å². The molecule has 1 saturated heterocycles. The quantitative estimate of drug-likeness (QED) is 0.866. The Bertz CT molecular complexity index is 408. The molecule has 1 fully saturated rings. The Balaban J connectivity index is 1.89. The zero-order chi connectivity index (χ0) is 12.5. The number of hydrogen-bond donors (Lipinski definition) is 1. The summed E-state index contributed by atoms with van der Waals surface area (Å²) in [5.41, 5.74) is 5.85. The molecule has 2 N–H and O–H groups in total. The molecular weight excluding hydrogens is 272 g/mol. The van der Waals surface area contributed by atoms with Gasteiger partial charge in [-0.3, -0.25) is 4.90 Å². The number of nitrogens with two attached hydrogens (primary N) is 1. The molecule has 1 aliphatic rings. The van der Waals surface area contributed by atoms with E-state index < -0.39 is 0 Å². The molecule has 17 heavy (non-hydrogen) atoms. The van der Waals surface area contributed by atoms with Crippen LogP contribution in [0.4, 0.5) is 0 Å². The molecule has 1 aliphatic heterocycles. The van der Waals surface area contributed by atoms with Gasteiger partial charge in [0.25, 0.3) is 0 Å². The second-order valence-electron chi connectivity index (χ2n) is 4.91. The first-order valence-electron chi connectivity index (χ1n) is 5.76. The number of hydrogen-bond acceptors (Lipinski definition) is 3. The van der Waals surface area contributed by atoms with Gasteiger partial charge < -0.3 is 5.73 Å². The van der Waals surface area contributed by atoms with E-state index in [1.807, 2.05) is 6.07 Å². The molecule has 0 amide bonds. The van der Waals surface area contributed by atoms with Crippen LogP contribution in [0.25, 0.3) is 0 Å². The lowest BCUT2D eigenvalue weighted by atomic mass is 9.80. The highest BCUT2D eigenvalue weighted by Crippen LogP contribution is 2.32. The fraction of sp³-hybridized carbons (Fsp3) is 0.583. The van der Waals surface area contributed by atoms with Crippen molar-refractivity contribution in [2.45, 2.75) is 26.3 Å². The van der Waals surface area contributed by atoms with Crippen molar-refractivity contribution in [2.75, 3.05) is 13.1 Å². The van der Waals surface area contributed by atoms with Crippen molar-refractivity contribution in [1.29, 1.82) is 0 Å². The van der Waals surface area contributed by atoms with E-state index in [1.54, 1.807) is 11.3 Å². The molecule has 0 aromatic carbocycles. The molecule has 0 saturated carbocycles. The van der Waals surface area contributed by atoms with Gasteiger partial charge in [0, 0.05) is 16.8 Å². The topological polar surface area (TPSA) is 29.3 Å². The maximum absolute atomic E-state index is 5.93. The van der Waals surface area contributed by atoms with Crippen LogP contribution in [0.2, 0.25) is 4.34 Å². The average molecular weight is 289 g/mol.